The van der Waals surface area contributed by atoms with Crippen molar-refractivity contribution in [3.63, 3.8) is 0 Å². The van der Waals surface area contributed by atoms with Crippen LogP contribution in [0.3, 0.4) is 0 Å². The minimum Gasteiger partial charge on any atom is -0.453 e. The number of hydrogen-bond donors (Lipinski definition) is 0. The molecular formula is C44H26N4O2. The molecule has 0 aliphatic carbocycles. The summed E-state index contributed by atoms with van der Waals surface area (Å²) in [6.07, 6.45) is 0. The Morgan fingerprint density at radius 1 is 0.420 bits per heavy atom. The van der Waals surface area contributed by atoms with Gasteiger partial charge in [-0.2, -0.15) is 0 Å². The first-order valence-electron chi connectivity index (χ1n) is 16.7. The largest absolute Gasteiger partial charge is 0.453 e. The fraction of sp³-hybridized carbons (Fsp3) is 0. The number of anilines is 3. The second-order valence-corrected chi connectivity index (χ2v) is 12.7. The van der Waals surface area contributed by atoms with Crippen LogP contribution in [0.15, 0.2) is 158 Å². The van der Waals surface area contributed by atoms with Gasteiger partial charge < -0.3 is 9.47 Å². The van der Waals surface area contributed by atoms with E-state index in [2.05, 4.69) is 113 Å². The van der Waals surface area contributed by atoms with Crippen molar-refractivity contribution in [2.45, 2.75) is 0 Å². The quantitative estimate of drug-likeness (QED) is 0.192. The molecular weight excluding hydrogens is 617 g/mol. The predicted molar refractivity (Wildman–Crippen MR) is 200 cm³/mol. The summed E-state index contributed by atoms with van der Waals surface area (Å²) in [6.45, 7) is 0. The van der Waals surface area contributed by atoms with Gasteiger partial charge in [0.2, 0.25) is 5.95 Å². The zero-order chi connectivity index (χ0) is 32.8. The molecule has 9 aromatic rings. The Balaban J connectivity index is 1.18. The Labute approximate surface area is 287 Å². The minimum absolute atomic E-state index is 0.593. The SMILES string of the molecule is c1ccc(-c2cc(-c3ccc4ccccc4c3)nc(-n3c4ccccc4c4cc5c(cc43)Oc3cccc4c3N5c3ccccc3O4)n2)cc1. The molecule has 6 nitrogen and oxygen atoms in total. The molecule has 2 aliphatic rings. The van der Waals surface area contributed by atoms with Gasteiger partial charge in [0.25, 0.3) is 0 Å². The summed E-state index contributed by atoms with van der Waals surface area (Å²) in [5.74, 6) is 3.65. The fourth-order valence-electron chi connectivity index (χ4n) is 7.47. The van der Waals surface area contributed by atoms with Crippen molar-refractivity contribution >= 4 is 49.6 Å². The first kappa shape index (κ1) is 27.1. The van der Waals surface area contributed by atoms with Crippen LogP contribution in [-0.2, 0) is 0 Å². The highest BCUT2D eigenvalue weighted by Crippen LogP contribution is 2.60. The summed E-state index contributed by atoms with van der Waals surface area (Å²) < 4.78 is 15.2. The summed E-state index contributed by atoms with van der Waals surface area (Å²) in [4.78, 5) is 12.8. The summed E-state index contributed by atoms with van der Waals surface area (Å²) >= 11 is 0. The lowest BCUT2D eigenvalue weighted by atomic mass is 10.0. The van der Waals surface area contributed by atoms with Gasteiger partial charge in [0.05, 0.1) is 33.8 Å². The Hall–Kier alpha value is -6.92. The van der Waals surface area contributed by atoms with Gasteiger partial charge in [-0.3, -0.25) is 9.47 Å². The van der Waals surface area contributed by atoms with E-state index < -0.39 is 0 Å². The monoisotopic (exact) mass is 642 g/mol. The highest BCUT2D eigenvalue weighted by molar-refractivity contribution is 6.12. The van der Waals surface area contributed by atoms with Gasteiger partial charge in [0.15, 0.2) is 23.0 Å². The topological polar surface area (TPSA) is 52.4 Å². The average molecular weight is 643 g/mol. The first-order chi connectivity index (χ1) is 24.8. The summed E-state index contributed by atoms with van der Waals surface area (Å²) in [7, 11) is 0. The van der Waals surface area contributed by atoms with E-state index in [1.165, 1.54) is 10.8 Å². The smallest absolute Gasteiger partial charge is 0.235 e. The van der Waals surface area contributed by atoms with Crippen LogP contribution in [0.2, 0.25) is 0 Å². The number of fused-ring (bicyclic) bond motifs is 8. The lowest BCUT2D eigenvalue weighted by molar-refractivity contribution is 0.446. The number of hydrogen-bond acceptors (Lipinski definition) is 5. The van der Waals surface area contributed by atoms with Crippen LogP contribution >= 0.6 is 0 Å². The molecule has 234 valence electrons. The summed E-state index contributed by atoms with van der Waals surface area (Å²) in [6, 6.07) is 54.2. The Bertz CT molecular complexity index is 2840. The fourth-order valence-corrected chi connectivity index (χ4v) is 7.47. The van der Waals surface area contributed by atoms with Gasteiger partial charge in [-0.05, 0) is 59.3 Å². The second-order valence-electron chi connectivity index (χ2n) is 12.7. The molecule has 0 spiro atoms. The molecule has 6 heteroatoms. The van der Waals surface area contributed by atoms with E-state index in [1.54, 1.807) is 0 Å². The average Bonchev–Trinajstić information content (AvgIpc) is 3.50. The molecule has 2 aliphatic heterocycles. The van der Waals surface area contributed by atoms with E-state index in [9.17, 15) is 0 Å². The standard InChI is InChI=1S/C44H26N4O2/c1-2-12-28(13-3-1)33-25-34(30-22-21-27-11-4-5-14-29(27)23-30)46-44(45-33)48-35-16-7-6-15-31(35)32-24-38-42(26-37(32)48)50-41-20-10-19-40-43(41)47(38)36-17-8-9-18-39(36)49-40/h1-26H. The van der Waals surface area contributed by atoms with Gasteiger partial charge in [-0.1, -0.05) is 103 Å². The van der Waals surface area contributed by atoms with Crippen molar-refractivity contribution in [1.29, 1.82) is 0 Å². The molecule has 0 saturated carbocycles. The van der Waals surface area contributed by atoms with Crippen molar-refractivity contribution in [2.24, 2.45) is 0 Å². The number of nitrogens with zero attached hydrogens (tertiary/aromatic N) is 4. The molecule has 11 rings (SSSR count). The van der Waals surface area contributed by atoms with Crippen LogP contribution in [-0.4, -0.2) is 14.5 Å². The van der Waals surface area contributed by atoms with Gasteiger partial charge in [0, 0.05) is 28.0 Å². The van der Waals surface area contributed by atoms with Crippen molar-refractivity contribution < 1.29 is 9.47 Å². The molecule has 0 saturated heterocycles. The van der Waals surface area contributed by atoms with Gasteiger partial charge in [-0.15, -0.1) is 0 Å². The second kappa shape index (κ2) is 10.3. The zero-order valence-corrected chi connectivity index (χ0v) is 26.6. The van der Waals surface area contributed by atoms with E-state index in [0.29, 0.717) is 5.95 Å². The summed E-state index contributed by atoms with van der Waals surface area (Å²) in [5.41, 5.74) is 8.56. The van der Waals surface area contributed by atoms with Gasteiger partial charge in [0.1, 0.15) is 5.69 Å². The maximum Gasteiger partial charge on any atom is 0.235 e. The summed E-state index contributed by atoms with van der Waals surface area (Å²) in [5, 5.41) is 4.54. The van der Waals surface area contributed by atoms with Crippen molar-refractivity contribution in [3.05, 3.63) is 158 Å². The lowest BCUT2D eigenvalue weighted by Crippen LogP contribution is -2.20. The highest BCUT2D eigenvalue weighted by atomic mass is 16.5. The molecule has 0 amide bonds. The van der Waals surface area contributed by atoms with E-state index in [4.69, 9.17) is 19.4 Å². The van der Waals surface area contributed by atoms with Crippen LogP contribution < -0.4 is 14.4 Å². The highest BCUT2D eigenvalue weighted by Gasteiger charge is 2.35. The third-order valence-corrected chi connectivity index (χ3v) is 9.75. The molecule has 0 radical (unpaired) electrons. The maximum absolute atomic E-state index is 6.69. The van der Waals surface area contributed by atoms with Crippen molar-refractivity contribution in [1.82, 2.24) is 14.5 Å². The molecule has 4 heterocycles. The number of ether oxygens (including phenoxy) is 2. The van der Waals surface area contributed by atoms with E-state index in [0.717, 1.165) is 84.4 Å². The van der Waals surface area contributed by atoms with Crippen molar-refractivity contribution in [2.75, 3.05) is 4.90 Å². The molecule has 7 aromatic carbocycles. The number of rotatable bonds is 3. The maximum atomic E-state index is 6.69. The lowest BCUT2D eigenvalue weighted by Gasteiger charge is -2.37. The normalized spacial score (nSPS) is 12.7. The molecule has 0 fully saturated rings. The number of para-hydroxylation sites is 4. The van der Waals surface area contributed by atoms with Gasteiger partial charge in [-0.25, -0.2) is 9.97 Å². The first-order valence-corrected chi connectivity index (χ1v) is 16.7. The van der Waals surface area contributed by atoms with E-state index >= 15 is 0 Å². The molecule has 0 bridgehead atoms. The Morgan fingerprint density at radius 3 is 2.00 bits per heavy atom. The molecule has 0 atom stereocenters. The van der Waals surface area contributed by atoms with Gasteiger partial charge >= 0.3 is 0 Å². The van der Waals surface area contributed by atoms with Crippen LogP contribution in [0, 0.1) is 0 Å². The minimum atomic E-state index is 0.593. The number of aromatic nitrogens is 3. The third kappa shape index (κ3) is 3.96. The van der Waals surface area contributed by atoms with Crippen LogP contribution in [0.25, 0.3) is 61.0 Å². The molecule has 50 heavy (non-hydrogen) atoms. The molecule has 0 N–H and O–H groups in total. The van der Waals surface area contributed by atoms with E-state index in [-0.39, 0.29) is 0 Å². The van der Waals surface area contributed by atoms with Crippen molar-refractivity contribution in [3.8, 4) is 51.5 Å². The Kier molecular flexibility index (Phi) is 5.57. The van der Waals surface area contributed by atoms with Crippen LogP contribution in [0.1, 0.15) is 0 Å². The molecule has 0 unspecified atom stereocenters. The molecule has 2 aromatic heterocycles. The zero-order valence-electron chi connectivity index (χ0n) is 26.6. The predicted octanol–water partition coefficient (Wildman–Crippen LogP) is 11.7. The van der Waals surface area contributed by atoms with Crippen LogP contribution in [0.4, 0.5) is 17.1 Å². The number of benzene rings is 7. The van der Waals surface area contributed by atoms with E-state index in [1.807, 2.05) is 54.6 Å². The van der Waals surface area contributed by atoms with Crippen LogP contribution in [0.5, 0.6) is 23.0 Å². The third-order valence-electron chi connectivity index (χ3n) is 9.75. The Morgan fingerprint density at radius 2 is 1.12 bits per heavy atom.